The van der Waals surface area contributed by atoms with Crippen LogP contribution in [-0.4, -0.2) is 25.6 Å². The van der Waals surface area contributed by atoms with Crippen molar-refractivity contribution in [1.29, 1.82) is 0 Å². The van der Waals surface area contributed by atoms with Gasteiger partial charge in [-0.1, -0.05) is 23.3 Å². The van der Waals surface area contributed by atoms with Gasteiger partial charge in [0.1, 0.15) is 11.3 Å². The van der Waals surface area contributed by atoms with Crippen LogP contribution in [0.1, 0.15) is 18.4 Å². The summed E-state index contributed by atoms with van der Waals surface area (Å²) in [5.74, 6) is 0.261. The molecule has 0 aliphatic carbocycles. The normalized spacial score (nSPS) is 20.4. The summed E-state index contributed by atoms with van der Waals surface area (Å²) in [4.78, 5) is 14.7. The molecule has 1 aliphatic heterocycles. The molecule has 2 rings (SSSR count). The predicted octanol–water partition coefficient (Wildman–Crippen LogP) is 1.44. The van der Waals surface area contributed by atoms with Gasteiger partial charge in [-0.05, 0) is 24.6 Å². The first-order valence-corrected chi connectivity index (χ1v) is 6.49. The van der Waals surface area contributed by atoms with Crippen LogP contribution < -0.4 is 15.8 Å². The van der Waals surface area contributed by atoms with E-state index in [1.165, 1.54) is 0 Å². The van der Waals surface area contributed by atoms with Crippen molar-refractivity contribution in [2.24, 2.45) is 10.8 Å². The van der Waals surface area contributed by atoms with E-state index in [9.17, 15) is 4.79 Å². The maximum absolute atomic E-state index is 12.0. The van der Waals surface area contributed by atoms with Crippen LogP contribution in [0.5, 0.6) is 5.75 Å². The minimum Gasteiger partial charge on any atom is -0.493 e. The summed E-state index contributed by atoms with van der Waals surface area (Å²) in [6.07, 6.45) is 1.13. The summed E-state index contributed by atoms with van der Waals surface area (Å²) in [6.45, 7) is 1.36. The van der Waals surface area contributed by atoms with E-state index < -0.39 is 11.4 Å². The molecule has 0 saturated carbocycles. The first-order valence-electron chi connectivity index (χ1n) is 6.49. The van der Waals surface area contributed by atoms with Gasteiger partial charge in [-0.25, -0.2) is 0 Å². The van der Waals surface area contributed by atoms with E-state index in [1.807, 2.05) is 24.3 Å². The Morgan fingerprint density at radius 1 is 1.55 bits per heavy atom. The summed E-state index contributed by atoms with van der Waals surface area (Å²) in [7, 11) is 0. The molecule has 3 N–H and O–H groups in total. The van der Waals surface area contributed by atoms with Crippen LogP contribution in [0.25, 0.3) is 10.4 Å². The number of nitrogens with two attached hydrogens (primary N) is 1. The molecule has 1 amide bonds. The van der Waals surface area contributed by atoms with Gasteiger partial charge in [-0.2, -0.15) is 0 Å². The molecule has 0 saturated heterocycles. The summed E-state index contributed by atoms with van der Waals surface area (Å²) < 4.78 is 5.56. The molecule has 1 aromatic carbocycles. The molecular weight excluding hydrogens is 258 g/mol. The van der Waals surface area contributed by atoms with Gasteiger partial charge in [-0.3, -0.25) is 10.1 Å². The van der Waals surface area contributed by atoms with E-state index >= 15 is 0 Å². The van der Waals surface area contributed by atoms with Crippen molar-refractivity contribution >= 4 is 5.91 Å². The van der Waals surface area contributed by atoms with Crippen LogP contribution in [0.4, 0.5) is 0 Å². The van der Waals surface area contributed by atoms with E-state index in [1.54, 1.807) is 0 Å². The Hall–Kier alpha value is -2.24. The summed E-state index contributed by atoms with van der Waals surface area (Å²) in [6, 6.07) is 7.39. The number of fused-ring (bicyclic) bond motifs is 1. The molecular formula is C13H17N5O2. The number of nitrogens with one attached hydrogen (secondary N) is 1. The number of azide groups is 1. The minimum atomic E-state index is -0.912. The van der Waals surface area contributed by atoms with Gasteiger partial charge >= 0.3 is 0 Å². The quantitative estimate of drug-likeness (QED) is 0.354. The first kappa shape index (κ1) is 14.2. The molecule has 20 heavy (non-hydrogen) atoms. The standard InChI is InChI=1S/C13H17N5O2/c14-12(19)13(16-7-3-8-17-18-15)6-9-20-11-5-2-1-4-10(11)13/h1-2,4-5,16H,3,6-9H2,(H2,14,19). The average molecular weight is 275 g/mol. The van der Waals surface area contributed by atoms with Crippen molar-refractivity contribution in [3.05, 3.63) is 40.3 Å². The van der Waals surface area contributed by atoms with E-state index in [2.05, 4.69) is 15.3 Å². The zero-order valence-corrected chi connectivity index (χ0v) is 11.1. The number of rotatable bonds is 6. The minimum absolute atomic E-state index is 0.385. The Labute approximate surface area is 116 Å². The smallest absolute Gasteiger partial charge is 0.242 e. The monoisotopic (exact) mass is 275 g/mol. The molecule has 0 spiro atoms. The van der Waals surface area contributed by atoms with Gasteiger partial charge in [-0.15, -0.1) is 0 Å². The Bertz CT molecular complexity index is 541. The molecule has 1 heterocycles. The van der Waals surface area contributed by atoms with Crippen molar-refractivity contribution < 1.29 is 9.53 Å². The molecule has 0 aromatic heterocycles. The number of amides is 1. The number of hydrogen-bond acceptors (Lipinski definition) is 4. The highest BCUT2D eigenvalue weighted by molar-refractivity contribution is 5.87. The van der Waals surface area contributed by atoms with Crippen LogP contribution in [0.15, 0.2) is 29.4 Å². The maximum atomic E-state index is 12.0. The molecule has 1 aliphatic rings. The summed E-state index contributed by atoms with van der Waals surface area (Å²) >= 11 is 0. The third-order valence-corrected chi connectivity index (χ3v) is 3.43. The third-order valence-electron chi connectivity index (χ3n) is 3.43. The SMILES string of the molecule is [N-]=[N+]=NCCCNC1(C(N)=O)CCOc2ccccc21. The Morgan fingerprint density at radius 3 is 3.10 bits per heavy atom. The number of ether oxygens (including phenoxy) is 1. The lowest BCUT2D eigenvalue weighted by Gasteiger charge is -2.37. The number of nitrogens with zero attached hydrogens (tertiary/aromatic N) is 3. The average Bonchev–Trinajstić information content (AvgIpc) is 2.47. The van der Waals surface area contributed by atoms with Gasteiger partial charge in [0.2, 0.25) is 5.91 Å². The first-order chi connectivity index (χ1) is 9.70. The molecule has 7 heteroatoms. The Morgan fingerprint density at radius 2 is 2.35 bits per heavy atom. The van der Waals surface area contributed by atoms with Crippen LogP contribution in [0.3, 0.4) is 0 Å². The lowest BCUT2D eigenvalue weighted by Crippen LogP contribution is -2.55. The molecule has 0 bridgehead atoms. The van der Waals surface area contributed by atoms with Crippen molar-refractivity contribution in [3.63, 3.8) is 0 Å². The zero-order valence-electron chi connectivity index (χ0n) is 11.1. The number of hydrogen-bond donors (Lipinski definition) is 2. The number of carbonyl (C=O) groups excluding carboxylic acids is 1. The van der Waals surface area contributed by atoms with Crippen molar-refractivity contribution in [1.82, 2.24) is 5.32 Å². The fourth-order valence-electron chi connectivity index (χ4n) is 2.42. The fraction of sp³-hybridized carbons (Fsp3) is 0.462. The van der Waals surface area contributed by atoms with Crippen LogP contribution in [0, 0.1) is 0 Å². The van der Waals surface area contributed by atoms with Crippen molar-refractivity contribution in [3.8, 4) is 5.75 Å². The maximum Gasteiger partial charge on any atom is 0.242 e. The molecule has 106 valence electrons. The Kier molecular flexibility index (Phi) is 4.45. The number of carbonyl (C=O) groups is 1. The van der Waals surface area contributed by atoms with Crippen LogP contribution in [0.2, 0.25) is 0 Å². The van der Waals surface area contributed by atoms with Gasteiger partial charge in [0.15, 0.2) is 0 Å². The molecule has 1 atom stereocenters. The topological polar surface area (TPSA) is 113 Å². The lowest BCUT2D eigenvalue weighted by molar-refractivity contribution is -0.126. The third kappa shape index (κ3) is 2.68. The highest BCUT2D eigenvalue weighted by Gasteiger charge is 2.42. The number of benzene rings is 1. The van der Waals surface area contributed by atoms with E-state index in [0.717, 1.165) is 5.56 Å². The summed E-state index contributed by atoms with van der Waals surface area (Å²) in [5, 5.41) is 6.68. The highest BCUT2D eigenvalue weighted by atomic mass is 16.5. The second kappa shape index (κ2) is 6.27. The van der Waals surface area contributed by atoms with Gasteiger partial charge in [0.05, 0.1) is 6.61 Å². The molecule has 0 radical (unpaired) electrons. The molecule has 1 unspecified atom stereocenters. The molecule has 0 fully saturated rings. The lowest BCUT2D eigenvalue weighted by atomic mass is 9.83. The second-order valence-electron chi connectivity index (χ2n) is 4.60. The van der Waals surface area contributed by atoms with Crippen molar-refractivity contribution in [2.45, 2.75) is 18.4 Å². The highest BCUT2D eigenvalue weighted by Crippen LogP contribution is 2.36. The molecule has 7 nitrogen and oxygen atoms in total. The van der Waals surface area contributed by atoms with Crippen LogP contribution in [-0.2, 0) is 10.3 Å². The van der Waals surface area contributed by atoms with Crippen LogP contribution >= 0.6 is 0 Å². The zero-order chi connectivity index (χ0) is 14.4. The van der Waals surface area contributed by atoms with E-state index in [0.29, 0.717) is 38.3 Å². The number of para-hydroxylation sites is 1. The van der Waals surface area contributed by atoms with Gasteiger partial charge in [0.25, 0.3) is 0 Å². The summed E-state index contributed by atoms with van der Waals surface area (Å²) in [5.41, 5.74) is 13.7. The van der Waals surface area contributed by atoms with E-state index in [-0.39, 0.29) is 0 Å². The van der Waals surface area contributed by atoms with E-state index in [4.69, 9.17) is 16.0 Å². The van der Waals surface area contributed by atoms with Gasteiger partial charge < -0.3 is 10.5 Å². The fourth-order valence-corrected chi connectivity index (χ4v) is 2.42. The largest absolute Gasteiger partial charge is 0.493 e. The predicted molar refractivity (Wildman–Crippen MR) is 74.1 cm³/mol. The molecule has 1 aromatic rings. The van der Waals surface area contributed by atoms with Crippen molar-refractivity contribution in [2.75, 3.05) is 19.7 Å². The Balaban J connectivity index is 2.18. The van der Waals surface area contributed by atoms with Gasteiger partial charge in [0, 0.05) is 23.4 Å². The second-order valence-corrected chi connectivity index (χ2v) is 4.60. The number of primary amides is 1.